The molecule has 0 aliphatic rings. The van der Waals surface area contributed by atoms with Gasteiger partial charge in [-0.1, -0.05) is 42.1 Å². The zero-order chi connectivity index (χ0) is 22.0. The van der Waals surface area contributed by atoms with Crippen LogP contribution in [0.3, 0.4) is 0 Å². The highest BCUT2D eigenvalue weighted by molar-refractivity contribution is 7.99. The molecular formula is C22H20N6O2S. The van der Waals surface area contributed by atoms with Crippen molar-refractivity contribution >= 4 is 34.3 Å². The molecule has 0 spiro atoms. The fourth-order valence-corrected chi connectivity index (χ4v) is 4.26. The molecule has 1 amide bonds. The summed E-state index contributed by atoms with van der Waals surface area (Å²) in [6.45, 7) is 2.32. The summed E-state index contributed by atoms with van der Waals surface area (Å²) >= 11 is 1.26. The lowest BCUT2D eigenvalue weighted by Gasteiger charge is -2.15. The predicted octanol–water partition coefficient (Wildman–Crippen LogP) is 2.81. The van der Waals surface area contributed by atoms with Crippen molar-refractivity contribution in [1.82, 2.24) is 24.1 Å². The zero-order valence-electron chi connectivity index (χ0n) is 17.1. The van der Waals surface area contributed by atoms with Crippen LogP contribution in [-0.4, -0.2) is 49.3 Å². The molecule has 0 radical (unpaired) electrons. The summed E-state index contributed by atoms with van der Waals surface area (Å²) in [6, 6.07) is 17.0. The van der Waals surface area contributed by atoms with E-state index in [1.54, 1.807) is 17.7 Å². The number of para-hydroxylation sites is 2. The first kappa shape index (κ1) is 20.6. The lowest BCUT2D eigenvalue weighted by atomic mass is 10.2. The topological polar surface area (TPSA) is 96.3 Å². The Morgan fingerprint density at radius 1 is 1.16 bits per heavy atom. The van der Waals surface area contributed by atoms with Crippen LogP contribution in [0, 0.1) is 18.3 Å². The fourth-order valence-electron chi connectivity index (χ4n) is 3.38. The van der Waals surface area contributed by atoms with E-state index in [0.717, 1.165) is 11.3 Å². The van der Waals surface area contributed by atoms with Gasteiger partial charge in [0.1, 0.15) is 0 Å². The molecule has 0 fully saturated rings. The van der Waals surface area contributed by atoms with Gasteiger partial charge in [0.05, 0.1) is 34.8 Å². The Balaban J connectivity index is 1.83. The van der Waals surface area contributed by atoms with E-state index >= 15 is 0 Å². The highest BCUT2D eigenvalue weighted by Crippen LogP contribution is 2.24. The Kier molecular flexibility index (Phi) is 5.73. The van der Waals surface area contributed by atoms with E-state index < -0.39 is 0 Å². The second kappa shape index (κ2) is 8.62. The monoisotopic (exact) mass is 432 g/mol. The first-order chi connectivity index (χ1) is 15.0. The maximum atomic E-state index is 13.3. The van der Waals surface area contributed by atoms with Crippen molar-refractivity contribution in [2.45, 2.75) is 18.5 Å². The van der Waals surface area contributed by atoms with E-state index in [2.05, 4.69) is 10.2 Å². The number of fused-ring (bicyclic) bond motifs is 3. The van der Waals surface area contributed by atoms with Crippen molar-refractivity contribution in [2.75, 3.05) is 19.3 Å². The molecule has 0 aliphatic carbocycles. The Labute approximate surface area is 182 Å². The number of aryl methyl sites for hydroxylation is 1. The molecule has 0 aliphatic heterocycles. The fraction of sp³-hybridized carbons (Fsp3) is 0.227. The summed E-state index contributed by atoms with van der Waals surface area (Å²) in [5.41, 5.74) is 2.19. The van der Waals surface area contributed by atoms with Gasteiger partial charge in [-0.05, 0) is 30.7 Å². The Morgan fingerprint density at radius 2 is 1.90 bits per heavy atom. The molecule has 156 valence electrons. The molecule has 9 heteroatoms. The van der Waals surface area contributed by atoms with Gasteiger partial charge in [-0.15, -0.1) is 10.2 Å². The highest BCUT2D eigenvalue weighted by Gasteiger charge is 2.19. The number of carbonyl (C=O) groups excluding carboxylic acids is 1. The van der Waals surface area contributed by atoms with Gasteiger partial charge < -0.3 is 4.90 Å². The second-order valence-electron chi connectivity index (χ2n) is 7.07. The van der Waals surface area contributed by atoms with Gasteiger partial charge in [0.25, 0.3) is 5.56 Å². The third-order valence-corrected chi connectivity index (χ3v) is 5.97. The van der Waals surface area contributed by atoms with E-state index in [0.29, 0.717) is 28.4 Å². The SMILES string of the molecule is Cc1ccccc1-n1c(=O)c2ccccc2n2c(SCC(=O)N(C)CCC#N)nnc12. The minimum Gasteiger partial charge on any atom is -0.344 e. The van der Waals surface area contributed by atoms with Crippen LogP contribution in [0.15, 0.2) is 58.5 Å². The molecule has 2 heterocycles. The molecule has 4 rings (SSSR count). The summed E-state index contributed by atoms with van der Waals surface area (Å²) in [5.74, 6) is 0.444. The van der Waals surface area contributed by atoms with Crippen molar-refractivity contribution in [1.29, 1.82) is 5.26 Å². The molecule has 0 bridgehead atoms. The van der Waals surface area contributed by atoms with Gasteiger partial charge >= 0.3 is 0 Å². The average Bonchev–Trinajstić information content (AvgIpc) is 3.21. The smallest absolute Gasteiger partial charge is 0.267 e. The highest BCUT2D eigenvalue weighted by atomic mass is 32.2. The molecule has 4 aromatic rings. The third-order valence-electron chi connectivity index (χ3n) is 5.06. The zero-order valence-corrected chi connectivity index (χ0v) is 18.0. The largest absolute Gasteiger partial charge is 0.344 e. The van der Waals surface area contributed by atoms with Gasteiger partial charge in [0, 0.05) is 13.6 Å². The quantitative estimate of drug-likeness (QED) is 0.435. The van der Waals surface area contributed by atoms with Crippen LogP contribution in [-0.2, 0) is 4.79 Å². The summed E-state index contributed by atoms with van der Waals surface area (Å²) in [6.07, 6.45) is 0.286. The van der Waals surface area contributed by atoms with Crippen molar-refractivity contribution < 1.29 is 4.79 Å². The van der Waals surface area contributed by atoms with Crippen LogP contribution < -0.4 is 5.56 Å². The van der Waals surface area contributed by atoms with Gasteiger partial charge in [-0.2, -0.15) is 5.26 Å². The van der Waals surface area contributed by atoms with Crippen LogP contribution in [0.5, 0.6) is 0 Å². The van der Waals surface area contributed by atoms with E-state index in [-0.39, 0.29) is 23.6 Å². The van der Waals surface area contributed by atoms with Gasteiger partial charge in [-0.3, -0.25) is 14.0 Å². The maximum absolute atomic E-state index is 13.3. The lowest BCUT2D eigenvalue weighted by molar-refractivity contribution is -0.127. The van der Waals surface area contributed by atoms with Crippen LogP contribution in [0.2, 0.25) is 0 Å². The molecule has 0 unspecified atom stereocenters. The number of aromatic nitrogens is 4. The number of hydrogen-bond acceptors (Lipinski definition) is 6. The number of carbonyl (C=O) groups is 1. The average molecular weight is 433 g/mol. The van der Waals surface area contributed by atoms with E-state index in [9.17, 15) is 9.59 Å². The first-order valence-electron chi connectivity index (χ1n) is 9.71. The van der Waals surface area contributed by atoms with Crippen molar-refractivity contribution in [2.24, 2.45) is 0 Å². The summed E-state index contributed by atoms with van der Waals surface area (Å²) in [4.78, 5) is 27.3. The molecule has 31 heavy (non-hydrogen) atoms. The lowest BCUT2D eigenvalue weighted by Crippen LogP contribution is -2.29. The van der Waals surface area contributed by atoms with Crippen LogP contribution in [0.4, 0.5) is 0 Å². The van der Waals surface area contributed by atoms with E-state index in [1.807, 2.05) is 59.9 Å². The van der Waals surface area contributed by atoms with Crippen molar-refractivity contribution in [3.63, 3.8) is 0 Å². The summed E-state index contributed by atoms with van der Waals surface area (Å²) in [7, 11) is 1.67. The van der Waals surface area contributed by atoms with E-state index in [1.165, 1.54) is 16.7 Å². The number of hydrogen-bond donors (Lipinski definition) is 0. The Morgan fingerprint density at radius 3 is 2.68 bits per heavy atom. The van der Waals surface area contributed by atoms with Crippen LogP contribution in [0.25, 0.3) is 22.4 Å². The number of benzene rings is 2. The molecule has 8 nitrogen and oxygen atoms in total. The maximum Gasteiger partial charge on any atom is 0.267 e. The number of nitrogens with zero attached hydrogens (tertiary/aromatic N) is 6. The van der Waals surface area contributed by atoms with Gasteiger partial charge in [-0.25, -0.2) is 4.57 Å². The van der Waals surface area contributed by atoms with Crippen LogP contribution >= 0.6 is 11.8 Å². The molecule has 2 aromatic heterocycles. The first-order valence-corrected chi connectivity index (χ1v) is 10.7. The van der Waals surface area contributed by atoms with E-state index in [4.69, 9.17) is 5.26 Å². The number of nitriles is 1. The van der Waals surface area contributed by atoms with Gasteiger partial charge in [0.15, 0.2) is 5.16 Å². The van der Waals surface area contributed by atoms with Crippen molar-refractivity contribution in [3.05, 3.63) is 64.4 Å². The molecule has 2 aromatic carbocycles. The molecule has 0 saturated carbocycles. The van der Waals surface area contributed by atoms with Gasteiger partial charge in [0.2, 0.25) is 11.7 Å². The second-order valence-corrected chi connectivity index (χ2v) is 8.02. The standard InChI is InChI=1S/C22H20N6O2S/c1-15-8-3-5-10-17(15)27-20(30)16-9-4-6-11-18(16)28-21(27)24-25-22(28)31-14-19(29)26(2)13-7-12-23/h3-6,8-11H,7,13-14H2,1-2H3. The Bertz CT molecular complexity index is 1380. The molecule has 0 saturated heterocycles. The molecule has 0 atom stereocenters. The number of rotatable bonds is 6. The predicted molar refractivity (Wildman–Crippen MR) is 119 cm³/mol. The molecular weight excluding hydrogens is 412 g/mol. The summed E-state index contributed by atoms with van der Waals surface area (Å²) < 4.78 is 3.38. The minimum absolute atomic E-state index is 0.103. The normalized spacial score (nSPS) is 11.0. The van der Waals surface area contributed by atoms with Crippen LogP contribution in [0.1, 0.15) is 12.0 Å². The Hall–Kier alpha value is -3.64. The summed E-state index contributed by atoms with van der Waals surface area (Å²) in [5, 5.41) is 18.4. The number of thioether (sulfide) groups is 1. The van der Waals surface area contributed by atoms with Crippen molar-refractivity contribution in [3.8, 4) is 11.8 Å². The minimum atomic E-state index is -0.173. The molecule has 0 N–H and O–H groups in total. The third kappa shape index (κ3) is 3.78. The number of amides is 1.